The van der Waals surface area contributed by atoms with Crippen molar-refractivity contribution in [3.63, 3.8) is 0 Å². The fraction of sp³-hybridized carbons (Fsp3) is 0.368. The lowest BCUT2D eigenvalue weighted by Crippen LogP contribution is -2.43. The third kappa shape index (κ3) is 4.33. The Labute approximate surface area is 167 Å². The maximum absolute atomic E-state index is 12.5. The molecule has 2 heterocycles. The van der Waals surface area contributed by atoms with Crippen LogP contribution in [0.3, 0.4) is 0 Å². The Balaban J connectivity index is 1.59. The summed E-state index contributed by atoms with van der Waals surface area (Å²) < 4.78 is 6.41. The van der Waals surface area contributed by atoms with E-state index in [4.69, 9.17) is 11.6 Å². The molecule has 1 aromatic heterocycles. The van der Waals surface area contributed by atoms with Gasteiger partial charge in [0.05, 0.1) is 23.9 Å². The molecule has 0 unspecified atom stereocenters. The SMILES string of the molecule is COC(=O)c1cc(NC(=O)C(=O)N2CCC(c3cnn(C)c3)CC2)ccc1Cl. The summed E-state index contributed by atoms with van der Waals surface area (Å²) in [6, 6.07) is 4.37. The van der Waals surface area contributed by atoms with Crippen LogP contribution in [-0.4, -0.2) is 52.7 Å². The van der Waals surface area contributed by atoms with Crippen molar-refractivity contribution in [1.82, 2.24) is 14.7 Å². The van der Waals surface area contributed by atoms with Crippen molar-refractivity contribution in [2.24, 2.45) is 7.05 Å². The normalized spacial score (nSPS) is 14.6. The molecule has 8 nitrogen and oxygen atoms in total. The third-order valence-electron chi connectivity index (χ3n) is 4.80. The Kier molecular flexibility index (Phi) is 5.99. The number of rotatable bonds is 3. The van der Waals surface area contributed by atoms with E-state index in [-0.39, 0.29) is 10.6 Å². The number of amides is 2. The molecule has 1 N–H and O–H groups in total. The van der Waals surface area contributed by atoms with E-state index in [0.717, 1.165) is 18.4 Å². The zero-order valence-electron chi connectivity index (χ0n) is 15.6. The van der Waals surface area contributed by atoms with Crippen LogP contribution in [0.4, 0.5) is 5.69 Å². The van der Waals surface area contributed by atoms with E-state index >= 15 is 0 Å². The van der Waals surface area contributed by atoms with Gasteiger partial charge in [0.2, 0.25) is 0 Å². The van der Waals surface area contributed by atoms with Crippen LogP contribution in [0.25, 0.3) is 0 Å². The summed E-state index contributed by atoms with van der Waals surface area (Å²) in [5, 5.41) is 6.91. The van der Waals surface area contributed by atoms with Crippen LogP contribution >= 0.6 is 11.6 Å². The first kappa shape index (κ1) is 19.9. The molecule has 9 heteroatoms. The number of carbonyl (C=O) groups excluding carboxylic acids is 3. The number of hydrogen-bond donors (Lipinski definition) is 1. The van der Waals surface area contributed by atoms with E-state index < -0.39 is 17.8 Å². The number of nitrogens with one attached hydrogen (secondary N) is 1. The number of methoxy groups -OCH3 is 1. The molecule has 1 aliphatic rings. The molecule has 1 aliphatic heterocycles. The molecule has 1 fully saturated rings. The van der Waals surface area contributed by atoms with Gasteiger partial charge in [0.1, 0.15) is 0 Å². The van der Waals surface area contributed by atoms with Crippen molar-refractivity contribution in [1.29, 1.82) is 0 Å². The highest BCUT2D eigenvalue weighted by molar-refractivity contribution is 6.39. The first-order chi connectivity index (χ1) is 13.4. The first-order valence-electron chi connectivity index (χ1n) is 8.85. The van der Waals surface area contributed by atoms with Gasteiger partial charge in [0.25, 0.3) is 0 Å². The molecule has 0 bridgehead atoms. The summed E-state index contributed by atoms with van der Waals surface area (Å²) in [5.74, 6) is -1.64. The summed E-state index contributed by atoms with van der Waals surface area (Å²) >= 11 is 5.96. The summed E-state index contributed by atoms with van der Waals surface area (Å²) in [4.78, 5) is 38.1. The van der Waals surface area contributed by atoms with Gasteiger partial charge in [-0.15, -0.1) is 0 Å². The van der Waals surface area contributed by atoms with Crippen molar-refractivity contribution in [3.8, 4) is 0 Å². The number of hydrogen-bond acceptors (Lipinski definition) is 5. The number of aryl methyl sites for hydroxylation is 1. The lowest BCUT2D eigenvalue weighted by atomic mass is 9.91. The molecule has 1 saturated heterocycles. The molecule has 2 aromatic rings. The summed E-state index contributed by atoms with van der Waals surface area (Å²) in [6.45, 7) is 1.000. The van der Waals surface area contributed by atoms with Crippen LogP contribution in [0.5, 0.6) is 0 Å². The van der Waals surface area contributed by atoms with E-state index in [2.05, 4.69) is 15.2 Å². The van der Waals surface area contributed by atoms with Gasteiger partial charge in [-0.1, -0.05) is 11.6 Å². The molecular weight excluding hydrogens is 384 g/mol. The quantitative estimate of drug-likeness (QED) is 0.625. The highest BCUT2D eigenvalue weighted by Crippen LogP contribution is 2.27. The number of esters is 1. The summed E-state index contributed by atoms with van der Waals surface area (Å²) in [5.41, 5.74) is 1.57. The summed E-state index contributed by atoms with van der Waals surface area (Å²) in [6.07, 6.45) is 5.37. The van der Waals surface area contributed by atoms with E-state index in [0.29, 0.717) is 24.7 Å². The van der Waals surface area contributed by atoms with E-state index in [1.54, 1.807) is 9.58 Å². The zero-order chi connectivity index (χ0) is 20.3. The molecule has 0 aliphatic carbocycles. The summed E-state index contributed by atoms with van der Waals surface area (Å²) in [7, 11) is 3.11. The standard InChI is InChI=1S/C19H21ClN4O4/c1-23-11-13(10-21-23)12-5-7-24(8-6-12)18(26)17(25)22-14-3-4-16(20)15(9-14)19(27)28-2/h3-4,9-12H,5-8H2,1-2H3,(H,22,25). The minimum absolute atomic E-state index is 0.117. The van der Waals surface area contributed by atoms with Crippen molar-refractivity contribution in [3.05, 3.63) is 46.7 Å². The van der Waals surface area contributed by atoms with Crippen LogP contribution in [-0.2, 0) is 21.4 Å². The van der Waals surface area contributed by atoms with Crippen molar-refractivity contribution in [2.45, 2.75) is 18.8 Å². The van der Waals surface area contributed by atoms with Crippen LogP contribution in [0.1, 0.15) is 34.7 Å². The van der Waals surface area contributed by atoms with Gasteiger partial charge >= 0.3 is 17.8 Å². The molecule has 1 aromatic carbocycles. The Hall–Kier alpha value is -2.87. The molecule has 3 rings (SSSR count). The Morgan fingerprint density at radius 1 is 1.25 bits per heavy atom. The van der Waals surface area contributed by atoms with Gasteiger partial charge in [-0.05, 0) is 42.5 Å². The lowest BCUT2D eigenvalue weighted by Gasteiger charge is -2.31. The number of anilines is 1. The number of likely N-dealkylation sites (tertiary alicyclic amines) is 1. The van der Waals surface area contributed by atoms with Gasteiger partial charge in [0.15, 0.2) is 0 Å². The van der Waals surface area contributed by atoms with Gasteiger partial charge in [0, 0.05) is 32.0 Å². The van der Waals surface area contributed by atoms with Gasteiger partial charge in [-0.2, -0.15) is 5.10 Å². The zero-order valence-corrected chi connectivity index (χ0v) is 16.4. The van der Waals surface area contributed by atoms with Crippen molar-refractivity contribution >= 4 is 35.1 Å². The van der Waals surface area contributed by atoms with Crippen LogP contribution in [0.15, 0.2) is 30.6 Å². The molecule has 0 atom stereocenters. The Bertz CT molecular complexity index is 903. The fourth-order valence-corrected chi connectivity index (χ4v) is 3.46. The van der Waals surface area contributed by atoms with Crippen molar-refractivity contribution < 1.29 is 19.1 Å². The molecule has 2 amide bonds. The number of ether oxygens (including phenoxy) is 1. The van der Waals surface area contributed by atoms with E-state index in [1.165, 1.54) is 25.3 Å². The average Bonchev–Trinajstić information content (AvgIpc) is 3.14. The second-order valence-electron chi connectivity index (χ2n) is 6.65. The second kappa shape index (κ2) is 8.43. The smallest absolute Gasteiger partial charge is 0.339 e. The highest BCUT2D eigenvalue weighted by Gasteiger charge is 2.28. The maximum atomic E-state index is 12.5. The predicted octanol–water partition coefficient (Wildman–Crippen LogP) is 2.20. The lowest BCUT2D eigenvalue weighted by molar-refractivity contribution is -0.143. The van der Waals surface area contributed by atoms with Crippen LogP contribution in [0.2, 0.25) is 5.02 Å². The van der Waals surface area contributed by atoms with E-state index in [1.807, 2.05) is 19.4 Å². The number of carbonyl (C=O) groups is 3. The molecule has 0 spiro atoms. The molecular formula is C19H21ClN4O4. The first-order valence-corrected chi connectivity index (χ1v) is 9.23. The molecule has 0 saturated carbocycles. The largest absolute Gasteiger partial charge is 0.465 e. The van der Waals surface area contributed by atoms with Gasteiger partial charge < -0.3 is 15.0 Å². The number of aromatic nitrogens is 2. The molecule has 28 heavy (non-hydrogen) atoms. The number of nitrogens with zero attached hydrogens (tertiary/aromatic N) is 3. The van der Waals surface area contributed by atoms with Gasteiger partial charge in [-0.3, -0.25) is 14.3 Å². The fourth-order valence-electron chi connectivity index (χ4n) is 3.26. The highest BCUT2D eigenvalue weighted by atomic mass is 35.5. The molecule has 148 valence electrons. The second-order valence-corrected chi connectivity index (χ2v) is 7.06. The Morgan fingerprint density at radius 2 is 1.96 bits per heavy atom. The average molecular weight is 405 g/mol. The third-order valence-corrected chi connectivity index (χ3v) is 5.13. The monoisotopic (exact) mass is 404 g/mol. The number of halogens is 1. The topological polar surface area (TPSA) is 93.5 Å². The number of piperidine rings is 1. The van der Waals surface area contributed by atoms with Crippen LogP contribution in [0, 0.1) is 0 Å². The van der Waals surface area contributed by atoms with Crippen molar-refractivity contribution in [2.75, 3.05) is 25.5 Å². The number of benzene rings is 1. The Morgan fingerprint density at radius 3 is 2.57 bits per heavy atom. The van der Waals surface area contributed by atoms with Crippen LogP contribution < -0.4 is 5.32 Å². The predicted molar refractivity (Wildman–Crippen MR) is 103 cm³/mol. The maximum Gasteiger partial charge on any atom is 0.339 e. The van der Waals surface area contributed by atoms with E-state index in [9.17, 15) is 14.4 Å². The minimum atomic E-state index is -0.752. The minimum Gasteiger partial charge on any atom is -0.465 e. The molecule has 0 radical (unpaired) electrons. The van der Waals surface area contributed by atoms with Gasteiger partial charge in [-0.25, -0.2) is 4.79 Å².